The van der Waals surface area contributed by atoms with E-state index in [1.54, 1.807) is 0 Å². The molecule has 84 valence electrons. The summed E-state index contributed by atoms with van der Waals surface area (Å²) in [6.45, 7) is 6.75. The first-order chi connectivity index (χ1) is 6.83. The smallest absolute Gasteiger partial charge is 0.308 e. The van der Waals surface area contributed by atoms with Gasteiger partial charge in [-0.1, -0.05) is 32.4 Å². The summed E-state index contributed by atoms with van der Waals surface area (Å²) in [4.78, 5) is 11.4. The van der Waals surface area contributed by atoms with E-state index < -0.39 is 5.06 Å². The number of hydrogen-bond donors (Lipinski definition) is 0. The number of carbonyl (C=O) groups excluding carboxylic acids is 1. The molecule has 2 bridgehead atoms. The summed E-state index contributed by atoms with van der Waals surface area (Å²) in [5, 5.41) is -0.712. The van der Waals surface area contributed by atoms with Gasteiger partial charge in [0.05, 0.1) is 6.42 Å². The number of carbonyl (C=O) groups is 1. The first kappa shape index (κ1) is 9.95. The van der Waals surface area contributed by atoms with Gasteiger partial charge in [0.2, 0.25) is 0 Å². The van der Waals surface area contributed by atoms with Crippen molar-refractivity contribution in [1.82, 2.24) is 0 Å². The molecule has 1 aliphatic heterocycles. The maximum Gasteiger partial charge on any atom is 0.308 e. The van der Waals surface area contributed by atoms with Crippen molar-refractivity contribution in [3.8, 4) is 0 Å². The van der Waals surface area contributed by atoms with E-state index in [0.29, 0.717) is 12.3 Å². The minimum absolute atomic E-state index is 0.0525. The van der Waals surface area contributed by atoms with Crippen LogP contribution in [0.1, 0.15) is 40.0 Å². The maximum absolute atomic E-state index is 11.4. The van der Waals surface area contributed by atoms with E-state index in [2.05, 4.69) is 20.8 Å². The van der Waals surface area contributed by atoms with Crippen molar-refractivity contribution in [2.24, 2.45) is 22.7 Å². The lowest BCUT2D eigenvalue weighted by molar-refractivity contribution is -0.152. The van der Waals surface area contributed by atoms with E-state index in [-0.39, 0.29) is 22.7 Å². The van der Waals surface area contributed by atoms with E-state index in [4.69, 9.17) is 16.3 Å². The highest BCUT2D eigenvalue weighted by Crippen LogP contribution is 2.76. The van der Waals surface area contributed by atoms with Crippen LogP contribution in [0.5, 0.6) is 0 Å². The number of fused-ring (bicyclic) bond motifs is 5. The van der Waals surface area contributed by atoms with Crippen molar-refractivity contribution >= 4 is 17.6 Å². The summed E-state index contributed by atoms with van der Waals surface area (Å²) in [7, 11) is 0. The largest absolute Gasteiger partial charge is 0.442 e. The molecule has 1 heterocycles. The van der Waals surface area contributed by atoms with Gasteiger partial charge in [-0.3, -0.25) is 4.79 Å². The summed E-state index contributed by atoms with van der Waals surface area (Å²) in [5.74, 6) is 0.676. The van der Waals surface area contributed by atoms with E-state index in [9.17, 15) is 4.79 Å². The third kappa shape index (κ3) is 0.800. The van der Waals surface area contributed by atoms with E-state index >= 15 is 0 Å². The zero-order valence-electron chi connectivity index (χ0n) is 9.47. The summed E-state index contributed by atoms with van der Waals surface area (Å²) < 4.78 is 5.47. The summed E-state index contributed by atoms with van der Waals surface area (Å²) >= 11 is 6.64. The lowest BCUT2D eigenvalue weighted by atomic mass is 9.69. The van der Waals surface area contributed by atoms with Crippen LogP contribution >= 0.6 is 11.6 Å². The Kier molecular flexibility index (Phi) is 1.57. The van der Waals surface area contributed by atoms with Crippen LogP contribution < -0.4 is 0 Å². The minimum atomic E-state index is -0.712. The topological polar surface area (TPSA) is 26.3 Å². The molecule has 0 N–H and O–H groups in total. The normalized spacial score (nSPS) is 55.6. The molecule has 0 aromatic rings. The molecule has 0 unspecified atom stereocenters. The molecule has 3 fully saturated rings. The minimum Gasteiger partial charge on any atom is -0.442 e. The number of esters is 1. The summed E-state index contributed by atoms with van der Waals surface area (Å²) in [6.07, 6.45) is 2.80. The molecule has 0 radical (unpaired) electrons. The summed E-state index contributed by atoms with van der Waals surface area (Å²) in [6, 6.07) is 0. The predicted octanol–water partition coefficient (Wildman–Crippen LogP) is 2.94. The Morgan fingerprint density at radius 2 is 2.00 bits per heavy atom. The highest BCUT2D eigenvalue weighted by atomic mass is 35.5. The van der Waals surface area contributed by atoms with Crippen LogP contribution in [0.25, 0.3) is 0 Å². The molecule has 2 aliphatic carbocycles. The molecule has 1 saturated heterocycles. The van der Waals surface area contributed by atoms with Gasteiger partial charge < -0.3 is 4.74 Å². The fraction of sp³-hybridized carbons (Fsp3) is 0.917. The van der Waals surface area contributed by atoms with Gasteiger partial charge in [0.25, 0.3) is 0 Å². The van der Waals surface area contributed by atoms with Gasteiger partial charge >= 0.3 is 5.97 Å². The van der Waals surface area contributed by atoms with Gasteiger partial charge in [-0.25, -0.2) is 0 Å². The molecular weight excluding hydrogens is 212 g/mol. The van der Waals surface area contributed by atoms with E-state index in [1.165, 1.54) is 6.42 Å². The quantitative estimate of drug-likeness (QED) is 0.471. The molecule has 0 amide bonds. The predicted molar refractivity (Wildman–Crippen MR) is 57.4 cm³/mol. The average molecular weight is 229 g/mol. The van der Waals surface area contributed by atoms with Gasteiger partial charge in [0.1, 0.15) is 0 Å². The van der Waals surface area contributed by atoms with Crippen LogP contribution in [0.2, 0.25) is 0 Å². The number of rotatable bonds is 0. The lowest BCUT2D eigenvalue weighted by Gasteiger charge is -2.42. The Balaban J connectivity index is 2.15. The molecule has 3 heteroatoms. The number of halogens is 1. The van der Waals surface area contributed by atoms with Crippen LogP contribution in [0.15, 0.2) is 0 Å². The highest BCUT2D eigenvalue weighted by Gasteiger charge is 2.77. The van der Waals surface area contributed by atoms with Crippen molar-refractivity contribution in [2.45, 2.75) is 45.1 Å². The Labute approximate surface area is 95.3 Å². The molecule has 0 aromatic heterocycles. The van der Waals surface area contributed by atoms with Gasteiger partial charge in [-0.15, -0.1) is 0 Å². The Morgan fingerprint density at radius 3 is 2.60 bits per heavy atom. The Hall–Kier alpha value is -0.240. The first-order valence-corrected chi connectivity index (χ1v) is 6.11. The van der Waals surface area contributed by atoms with E-state index in [0.717, 1.165) is 6.42 Å². The molecule has 0 spiro atoms. The van der Waals surface area contributed by atoms with Crippen LogP contribution in [-0.4, -0.2) is 11.0 Å². The highest BCUT2D eigenvalue weighted by molar-refractivity contribution is 6.25. The van der Waals surface area contributed by atoms with Gasteiger partial charge in [-0.05, 0) is 24.2 Å². The van der Waals surface area contributed by atoms with Gasteiger partial charge in [-0.2, -0.15) is 0 Å². The SMILES string of the molecule is CC1(C)[C@@H]2CC[C@@]1(C)[C@]1(Cl)OC(=O)C[C@H]21. The van der Waals surface area contributed by atoms with Crippen LogP contribution in [0.3, 0.4) is 0 Å². The zero-order chi connectivity index (χ0) is 11.1. The van der Waals surface area contributed by atoms with Crippen LogP contribution in [0.4, 0.5) is 0 Å². The third-order valence-electron chi connectivity index (χ3n) is 5.67. The first-order valence-electron chi connectivity index (χ1n) is 5.74. The van der Waals surface area contributed by atoms with Crippen molar-refractivity contribution in [1.29, 1.82) is 0 Å². The lowest BCUT2D eigenvalue weighted by Crippen LogP contribution is -2.45. The number of ether oxygens (including phenoxy) is 1. The molecule has 2 saturated carbocycles. The Bertz CT molecular complexity index is 352. The standard InChI is InChI=1S/C12H17ClO2/c1-10(2)7-4-5-11(10,3)12(13)8(7)6-9(14)15-12/h7-8H,4-6H2,1-3H3/t7-,8-,11-,12-/m1/s1. The van der Waals surface area contributed by atoms with E-state index in [1.807, 2.05) is 0 Å². The van der Waals surface area contributed by atoms with Crippen molar-refractivity contribution < 1.29 is 9.53 Å². The number of alkyl halides is 1. The molecule has 2 nitrogen and oxygen atoms in total. The second-order valence-corrected chi connectivity index (χ2v) is 6.69. The molecule has 3 aliphatic rings. The molecular formula is C12H17ClO2. The third-order valence-corrected chi connectivity index (χ3v) is 6.44. The fourth-order valence-electron chi connectivity index (χ4n) is 4.37. The monoisotopic (exact) mass is 228 g/mol. The van der Waals surface area contributed by atoms with Crippen LogP contribution in [0, 0.1) is 22.7 Å². The fourth-order valence-corrected chi connectivity index (χ4v) is 5.02. The average Bonchev–Trinajstić information content (AvgIpc) is 2.56. The van der Waals surface area contributed by atoms with Crippen molar-refractivity contribution in [3.05, 3.63) is 0 Å². The van der Waals surface area contributed by atoms with Crippen molar-refractivity contribution in [2.75, 3.05) is 0 Å². The summed E-state index contributed by atoms with van der Waals surface area (Å²) in [5.41, 5.74) is 0.142. The van der Waals surface area contributed by atoms with Crippen LogP contribution in [-0.2, 0) is 9.53 Å². The molecule has 4 atom stereocenters. The van der Waals surface area contributed by atoms with Crippen molar-refractivity contribution in [3.63, 3.8) is 0 Å². The second kappa shape index (κ2) is 2.37. The second-order valence-electron chi connectivity index (χ2n) is 6.13. The molecule has 15 heavy (non-hydrogen) atoms. The maximum atomic E-state index is 11.4. The molecule has 3 rings (SSSR count). The Morgan fingerprint density at radius 1 is 1.33 bits per heavy atom. The molecule has 0 aromatic carbocycles. The number of hydrogen-bond acceptors (Lipinski definition) is 2. The van der Waals surface area contributed by atoms with Gasteiger partial charge in [0, 0.05) is 11.3 Å². The zero-order valence-corrected chi connectivity index (χ0v) is 10.2. The van der Waals surface area contributed by atoms with Gasteiger partial charge in [0.15, 0.2) is 5.06 Å².